The van der Waals surface area contributed by atoms with Crippen LogP contribution in [0, 0.1) is 11.3 Å². The molecule has 0 atom stereocenters. The van der Waals surface area contributed by atoms with Gasteiger partial charge in [-0.25, -0.2) is 0 Å². The summed E-state index contributed by atoms with van der Waals surface area (Å²) >= 11 is 0. The quantitative estimate of drug-likeness (QED) is 0.749. The molecule has 0 N–H and O–H groups in total. The number of nitrogens with zero attached hydrogens (tertiary/aromatic N) is 1. The van der Waals surface area contributed by atoms with Gasteiger partial charge in [-0.1, -0.05) is 33.8 Å². The third kappa shape index (κ3) is 2.11. The Kier molecular flexibility index (Phi) is 4.55. The largest absolute Gasteiger partial charge is 0.192 e. The molecule has 86 valence electrons. The van der Waals surface area contributed by atoms with Gasteiger partial charge in [0, 0.05) is 0 Å². The van der Waals surface area contributed by atoms with Crippen LogP contribution in [0.3, 0.4) is 0 Å². The summed E-state index contributed by atoms with van der Waals surface area (Å²) in [6.07, 6.45) is 4.01. The van der Waals surface area contributed by atoms with Gasteiger partial charge in [-0.2, -0.15) is 5.26 Å². The van der Waals surface area contributed by atoms with Crippen LogP contribution in [-0.2, 0) is 25.7 Å². The van der Waals surface area contributed by atoms with E-state index in [1.807, 2.05) is 0 Å². The molecule has 0 amide bonds. The predicted octanol–water partition coefficient (Wildman–Crippen LogP) is 3.81. The average molecular weight is 215 g/mol. The molecule has 1 aromatic rings. The van der Waals surface area contributed by atoms with Gasteiger partial charge in [-0.05, 0) is 47.9 Å². The summed E-state index contributed by atoms with van der Waals surface area (Å²) in [5, 5.41) is 9.30. The van der Waals surface area contributed by atoms with E-state index >= 15 is 0 Å². The average Bonchev–Trinajstić information content (AvgIpc) is 2.35. The van der Waals surface area contributed by atoms with Crippen LogP contribution in [0.25, 0.3) is 0 Å². The van der Waals surface area contributed by atoms with Gasteiger partial charge in [-0.3, -0.25) is 0 Å². The van der Waals surface area contributed by atoms with Crippen LogP contribution in [0.4, 0.5) is 0 Å². The molecule has 0 radical (unpaired) electrons. The van der Waals surface area contributed by atoms with Crippen molar-refractivity contribution < 1.29 is 0 Å². The summed E-state index contributed by atoms with van der Waals surface area (Å²) in [5.41, 5.74) is 6.25. The highest BCUT2D eigenvalue weighted by Crippen LogP contribution is 2.25. The first-order valence-corrected chi connectivity index (χ1v) is 6.29. The lowest BCUT2D eigenvalue weighted by Gasteiger charge is -2.16. The Balaban J connectivity index is 3.56. The highest BCUT2D eigenvalue weighted by atomic mass is 14.3. The minimum atomic E-state index is 0.930. The van der Waals surface area contributed by atoms with Gasteiger partial charge in [0.2, 0.25) is 0 Å². The number of hydrogen-bond acceptors (Lipinski definition) is 1. The molecule has 0 heterocycles. The van der Waals surface area contributed by atoms with E-state index in [9.17, 15) is 5.26 Å². The van der Waals surface area contributed by atoms with Gasteiger partial charge in [0.25, 0.3) is 0 Å². The van der Waals surface area contributed by atoms with Gasteiger partial charge in [0.05, 0.1) is 11.6 Å². The maximum atomic E-state index is 9.30. The third-order valence-corrected chi connectivity index (χ3v) is 3.30. The molecule has 0 unspecified atom stereocenters. The van der Waals surface area contributed by atoms with Crippen molar-refractivity contribution in [1.82, 2.24) is 0 Å². The number of benzene rings is 1. The Bertz CT molecular complexity index is 410. The summed E-state index contributed by atoms with van der Waals surface area (Å²) < 4.78 is 0. The van der Waals surface area contributed by atoms with Crippen molar-refractivity contribution in [2.45, 2.75) is 53.4 Å². The molecule has 0 saturated carbocycles. The second-order valence-corrected chi connectivity index (χ2v) is 4.05. The molecular formula is C15H21N. The van der Waals surface area contributed by atoms with Crippen LogP contribution < -0.4 is 0 Å². The van der Waals surface area contributed by atoms with Crippen LogP contribution >= 0.6 is 0 Å². The monoisotopic (exact) mass is 215 g/mol. The van der Waals surface area contributed by atoms with E-state index < -0.39 is 0 Å². The molecule has 1 rings (SSSR count). The van der Waals surface area contributed by atoms with Crippen molar-refractivity contribution in [1.29, 1.82) is 5.26 Å². The maximum absolute atomic E-state index is 9.30. The van der Waals surface area contributed by atoms with E-state index in [1.54, 1.807) is 0 Å². The summed E-state index contributed by atoms with van der Waals surface area (Å²) in [6.45, 7) is 8.65. The zero-order chi connectivity index (χ0) is 12.1. The fraction of sp³-hybridized carbons (Fsp3) is 0.533. The zero-order valence-electron chi connectivity index (χ0n) is 10.9. The predicted molar refractivity (Wildman–Crippen MR) is 68.7 cm³/mol. The van der Waals surface area contributed by atoms with E-state index in [0.717, 1.165) is 31.2 Å². The molecule has 1 nitrogen and oxygen atoms in total. The van der Waals surface area contributed by atoms with Gasteiger partial charge < -0.3 is 0 Å². The molecule has 0 aliphatic carbocycles. The van der Waals surface area contributed by atoms with Gasteiger partial charge in [-0.15, -0.1) is 0 Å². The lowest BCUT2D eigenvalue weighted by molar-refractivity contribution is 0.955. The van der Waals surface area contributed by atoms with E-state index in [0.29, 0.717) is 0 Å². The Morgan fingerprint density at radius 1 is 0.875 bits per heavy atom. The van der Waals surface area contributed by atoms with Crippen LogP contribution in [0.15, 0.2) is 6.07 Å². The maximum Gasteiger partial charge on any atom is 0.0997 e. The molecule has 0 spiro atoms. The first kappa shape index (κ1) is 12.8. The van der Waals surface area contributed by atoms with Crippen molar-refractivity contribution in [3.05, 3.63) is 33.9 Å². The number of hydrogen-bond donors (Lipinski definition) is 0. The van der Waals surface area contributed by atoms with Crippen molar-refractivity contribution in [3.63, 3.8) is 0 Å². The first-order valence-electron chi connectivity index (χ1n) is 6.29. The van der Waals surface area contributed by atoms with Crippen LogP contribution in [0.5, 0.6) is 0 Å². The number of rotatable bonds is 4. The fourth-order valence-corrected chi connectivity index (χ4v) is 2.47. The summed E-state index contributed by atoms with van der Waals surface area (Å²) in [5.74, 6) is 0. The van der Waals surface area contributed by atoms with E-state index in [-0.39, 0.29) is 0 Å². The highest BCUT2D eigenvalue weighted by Gasteiger charge is 2.13. The molecule has 0 fully saturated rings. The van der Waals surface area contributed by atoms with Crippen LogP contribution in [0.2, 0.25) is 0 Å². The molecule has 16 heavy (non-hydrogen) atoms. The molecule has 0 saturated heterocycles. The molecule has 0 aromatic heterocycles. The highest BCUT2D eigenvalue weighted by molar-refractivity contribution is 5.52. The lowest BCUT2D eigenvalue weighted by atomic mass is 9.87. The standard InChI is InChI=1S/C15H21N/c1-5-11-9-12(6-2)15(10-16)14(8-4)13(11)7-3/h9H,5-8H2,1-4H3. The topological polar surface area (TPSA) is 23.8 Å². The molecular weight excluding hydrogens is 194 g/mol. The van der Waals surface area contributed by atoms with Crippen molar-refractivity contribution in [3.8, 4) is 6.07 Å². The lowest BCUT2D eigenvalue weighted by Crippen LogP contribution is -2.04. The van der Waals surface area contributed by atoms with E-state index in [1.165, 1.54) is 22.3 Å². The molecule has 1 aromatic carbocycles. The smallest absolute Gasteiger partial charge is 0.0997 e. The Morgan fingerprint density at radius 2 is 1.44 bits per heavy atom. The fourth-order valence-electron chi connectivity index (χ4n) is 2.47. The second kappa shape index (κ2) is 5.70. The summed E-state index contributed by atoms with van der Waals surface area (Å²) in [7, 11) is 0. The summed E-state index contributed by atoms with van der Waals surface area (Å²) in [6, 6.07) is 4.62. The van der Waals surface area contributed by atoms with E-state index in [4.69, 9.17) is 0 Å². The van der Waals surface area contributed by atoms with Gasteiger partial charge in [0.1, 0.15) is 0 Å². The normalized spacial score (nSPS) is 10.2. The summed E-state index contributed by atoms with van der Waals surface area (Å²) in [4.78, 5) is 0. The van der Waals surface area contributed by atoms with Crippen LogP contribution in [0.1, 0.15) is 55.5 Å². The van der Waals surface area contributed by atoms with Gasteiger partial charge >= 0.3 is 0 Å². The second-order valence-electron chi connectivity index (χ2n) is 4.05. The number of aryl methyl sites for hydroxylation is 2. The van der Waals surface area contributed by atoms with Crippen molar-refractivity contribution in [2.75, 3.05) is 0 Å². The Morgan fingerprint density at radius 3 is 1.81 bits per heavy atom. The molecule has 0 aliphatic heterocycles. The molecule has 1 heteroatoms. The van der Waals surface area contributed by atoms with Crippen molar-refractivity contribution in [2.24, 2.45) is 0 Å². The number of nitriles is 1. The molecule has 0 bridgehead atoms. The third-order valence-electron chi connectivity index (χ3n) is 3.30. The SMILES string of the molecule is CCc1cc(CC)c(CC)c(CC)c1C#N. The minimum absolute atomic E-state index is 0.930. The first-order chi connectivity index (χ1) is 7.73. The zero-order valence-corrected chi connectivity index (χ0v) is 10.9. The minimum Gasteiger partial charge on any atom is -0.192 e. The van der Waals surface area contributed by atoms with Gasteiger partial charge in [0.15, 0.2) is 0 Å². The Labute approximate surface area is 99.1 Å². The molecule has 0 aliphatic rings. The van der Waals surface area contributed by atoms with E-state index in [2.05, 4.69) is 39.8 Å². The van der Waals surface area contributed by atoms with Crippen LogP contribution in [-0.4, -0.2) is 0 Å². The van der Waals surface area contributed by atoms with Crippen molar-refractivity contribution >= 4 is 0 Å². The Hall–Kier alpha value is -1.29.